The quantitative estimate of drug-likeness (QED) is 0.764. The van der Waals surface area contributed by atoms with E-state index in [2.05, 4.69) is 19.9 Å². The predicted octanol–water partition coefficient (Wildman–Crippen LogP) is 1.95. The first-order valence-electron chi connectivity index (χ1n) is 4.58. The molecule has 2 N–H and O–H groups in total. The maximum absolute atomic E-state index is 5.50. The monoisotopic (exact) mass is 178 g/mol. The molecule has 0 bridgehead atoms. The molecule has 0 aliphatic heterocycles. The van der Waals surface area contributed by atoms with Crippen molar-refractivity contribution in [1.29, 1.82) is 0 Å². The second-order valence-corrected chi connectivity index (χ2v) is 3.26. The van der Waals surface area contributed by atoms with E-state index in [0.29, 0.717) is 19.1 Å². The molecule has 2 nitrogen and oxygen atoms in total. The van der Waals surface area contributed by atoms with Gasteiger partial charge in [0.05, 0.1) is 0 Å². The van der Waals surface area contributed by atoms with Crippen LogP contribution >= 0.6 is 0 Å². The molecule has 2 heteroatoms. The fourth-order valence-corrected chi connectivity index (χ4v) is 1.18. The van der Waals surface area contributed by atoms with Crippen molar-refractivity contribution in [1.82, 2.24) is 0 Å². The third-order valence-corrected chi connectivity index (χ3v) is 1.85. The van der Waals surface area contributed by atoms with E-state index in [1.54, 1.807) is 0 Å². The lowest BCUT2D eigenvalue weighted by molar-refractivity contribution is 0.323. The summed E-state index contributed by atoms with van der Waals surface area (Å²) in [5, 5.41) is 0. The molecule has 71 valence electrons. The van der Waals surface area contributed by atoms with E-state index >= 15 is 0 Å². The van der Waals surface area contributed by atoms with Crippen molar-refractivity contribution in [3.63, 3.8) is 0 Å². The Morgan fingerprint density at radius 1 is 1.54 bits per heavy atom. The summed E-state index contributed by atoms with van der Waals surface area (Å²) in [5.41, 5.74) is 6.56. The molecule has 0 amide bonds. The van der Waals surface area contributed by atoms with Crippen LogP contribution in [0.5, 0.6) is 5.75 Å². The lowest BCUT2D eigenvalue weighted by Crippen LogP contribution is -2.11. The van der Waals surface area contributed by atoms with E-state index < -0.39 is 0 Å². The minimum atomic E-state index is 0.463. The fraction of sp³-hybridized carbons (Fsp3) is 0.455. The Bertz CT molecular complexity index is 258. The predicted molar refractivity (Wildman–Crippen MR) is 53.9 cm³/mol. The zero-order valence-corrected chi connectivity index (χ0v) is 8.21. The highest BCUT2D eigenvalue weighted by atomic mass is 16.5. The van der Waals surface area contributed by atoms with Crippen LogP contribution in [0.1, 0.15) is 25.3 Å². The van der Waals surface area contributed by atoms with Crippen LogP contribution in [0.2, 0.25) is 0 Å². The van der Waals surface area contributed by atoms with Crippen molar-refractivity contribution in [2.24, 2.45) is 5.73 Å². The van der Waals surface area contributed by atoms with E-state index in [-0.39, 0.29) is 0 Å². The molecular formula is C11H16NO. The second-order valence-electron chi connectivity index (χ2n) is 3.26. The highest BCUT2D eigenvalue weighted by Gasteiger charge is 2.05. The molecule has 0 spiro atoms. The molecule has 0 heterocycles. The molecule has 1 rings (SSSR count). The number of rotatable bonds is 4. The number of hydrogen-bond acceptors (Lipinski definition) is 2. The van der Waals surface area contributed by atoms with Gasteiger partial charge < -0.3 is 10.5 Å². The third-order valence-electron chi connectivity index (χ3n) is 1.85. The number of nitrogens with two attached hydrogens (primary N) is 1. The molecule has 13 heavy (non-hydrogen) atoms. The van der Waals surface area contributed by atoms with Crippen LogP contribution in [0, 0.1) is 6.07 Å². The number of hydrogen-bond donors (Lipinski definition) is 1. The molecule has 0 atom stereocenters. The van der Waals surface area contributed by atoms with Gasteiger partial charge in [-0.25, -0.2) is 0 Å². The number of ether oxygens (including phenoxy) is 1. The molecular weight excluding hydrogens is 162 g/mol. The summed E-state index contributed by atoms with van der Waals surface area (Å²) in [6, 6.07) is 8.81. The topological polar surface area (TPSA) is 35.2 Å². The van der Waals surface area contributed by atoms with E-state index in [0.717, 1.165) is 5.75 Å². The standard InChI is InChI=1S/C11H16NO/c1-9(2)10-5-3-4-6-11(10)13-8-7-12/h4-6,9H,7-8,12H2,1-2H3. The SMILES string of the molecule is CC(C)c1c[c]ccc1OCCN. The van der Waals surface area contributed by atoms with Gasteiger partial charge in [0.1, 0.15) is 12.4 Å². The van der Waals surface area contributed by atoms with Crippen molar-refractivity contribution in [3.8, 4) is 5.75 Å². The Kier molecular flexibility index (Phi) is 3.77. The molecule has 0 unspecified atom stereocenters. The van der Waals surface area contributed by atoms with Gasteiger partial charge in [-0.1, -0.05) is 19.9 Å². The van der Waals surface area contributed by atoms with Gasteiger partial charge in [0.2, 0.25) is 0 Å². The summed E-state index contributed by atoms with van der Waals surface area (Å²) in [5.74, 6) is 1.39. The van der Waals surface area contributed by atoms with Gasteiger partial charge in [-0.3, -0.25) is 0 Å². The average molecular weight is 178 g/mol. The maximum Gasteiger partial charge on any atom is 0.122 e. The molecule has 1 aromatic carbocycles. The van der Waals surface area contributed by atoms with Crippen LogP contribution in [-0.2, 0) is 0 Å². The highest BCUT2D eigenvalue weighted by molar-refractivity contribution is 5.34. The molecule has 0 saturated heterocycles. The van der Waals surface area contributed by atoms with Gasteiger partial charge in [0.25, 0.3) is 0 Å². The van der Waals surface area contributed by atoms with Crippen LogP contribution in [0.25, 0.3) is 0 Å². The summed E-state index contributed by atoms with van der Waals surface area (Å²) < 4.78 is 5.50. The van der Waals surface area contributed by atoms with Gasteiger partial charge >= 0.3 is 0 Å². The van der Waals surface area contributed by atoms with Gasteiger partial charge in [0, 0.05) is 6.54 Å². The largest absolute Gasteiger partial charge is 0.492 e. The summed E-state index contributed by atoms with van der Waals surface area (Å²) in [6.45, 7) is 5.40. The Hall–Kier alpha value is -1.02. The summed E-state index contributed by atoms with van der Waals surface area (Å²) in [4.78, 5) is 0. The van der Waals surface area contributed by atoms with E-state index in [1.165, 1.54) is 5.56 Å². The smallest absolute Gasteiger partial charge is 0.122 e. The lowest BCUT2D eigenvalue weighted by Gasteiger charge is -2.12. The molecule has 0 fully saturated rings. The van der Waals surface area contributed by atoms with E-state index in [9.17, 15) is 0 Å². The second kappa shape index (κ2) is 4.87. The Labute approximate surface area is 79.7 Å². The lowest BCUT2D eigenvalue weighted by atomic mass is 10.0. The van der Waals surface area contributed by atoms with Crippen LogP contribution in [0.4, 0.5) is 0 Å². The summed E-state index contributed by atoms with van der Waals surface area (Å²) >= 11 is 0. The molecule has 1 radical (unpaired) electrons. The Morgan fingerprint density at radius 3 is 2.92 bits per heavy atom. The van der Waals surface area contributed by atoms with Crippen LogP contribution in [0.3, 0.4) is 0 Å². The molecule has 1 aromatic rings. The average Bonchev–Trinajstić information content (AvgIpc) is 2.15. The van der Waals surface area contributed by atoms with Crippen LogP contribution < -0.4 is 10.5 Å². The first-order chi connectivity index (χ1) is 6.25. The zero-order valence-electron chi connectivity index (χ0n) is 8.21. The Morgan fingerprint density at radius 2 is 2.31 bits per heavy atom. The molecule has 0 saturated carbocycles. The maximum atomic E-state index is 5.50. The van der Waals surface area contributed by atoms with Crippen molar-refractivity contribution in [3.05, 3.63) is 29.8 Å². The van der Waals surface area contributed by atoms with Gasteiger partial charge in [0.15, 0.2) is 0 Å². The van der Waals surface area contributed by atoms with Crippen LogP contribution in [0.15, 0.2) is 18.2 Å². The first kappa shape index (κ1) is 10.1. The first-order valence-corrected chi connectivity index (χ1v) is 4.58. The third kappa shape index (κ3) is 2.74. The molecule has 0 aromatic heterocycles. The summed E-state index contributed by atoms with van der Waals surface area (Å²) in [6.07, 6.45) is 0. The fourth-order valence-electron chi connectivity index (χ4n) is 1.18. The van der Waals surface area contributed by atoms with Gasteiger partial charge in [-0.15, -0.1) is 0 Å². The molecule has 0 aliphatic rings. The highest BCUT2D eigenvalue weighted by Crippen LogP contribution is 2.25. The van der Waals surface area contributed by atoms with E-state index in [4.69, 9.17) is 10.5 Å². The zero-order chi connectivity index (χ0) is 9.68. The van der Waals surface area contributed by atoms with Gasteiger partial charge in [-0.2, -0.15) is 0 Å². The Balaban J connectivity index is 2.78. The minimum absolute atomic E-state index is 0.463. The normalized spacial score (nSPS) is 10.5. The van der Waals surface area contributed by atoms with Crippen LogP contribution in [-0.4, -0.2) is 13.2 Å². The van der Waals surface area contributed by atoms with Crippen molar-refractivity contribution in [2.45, 2.75) is 19.8 Å². The van der Waals surface area contributed by atoms with Crippen molar-refractivity contribution in [2.75, 3.05) is 13.2 Å². The van der Waals surface area contributed by atoms with Crippen molar-refractivity contribution < 1.29 is 4.74 Å². The number of benzene rings is 1. The summed E-state index contributed by atoms with van der Waals surface area (Å²) in [7, 11) is 0. The van der Waals surface area contributed by atoms with Crippen molar-refractivity contribution >= 4 is 0 Å². The molecule has 0 aliphatic carbocycles. The van der Waals surface area contributed by atoms with Gasteiger partial charge in [-0.05, 0) is 29.7 Å². The van der Waals surface area contributed by atoms with E-state index in [1.807, 2.05) is 18.2 Å². The minimum Gasteiger partial charge on any atom is -0.492 e.